The van der Waals surface area contributed by atoms with E-state index in [1.807, 2.05) is 13.8 Å². The molecule has 0 aliphatic carbocycles. The van der Waals surface area contributed by atoms with E-state index in [0.29, 0.717) is 0 Å². The molecule has 0 aromatic heterocycles. The molecule has 2 N–H and O–H groups in total. The summed E-state index contributed by atoms with van der Waals surface area (Å²) in [6.45, 7) is 12.0. The van der Waals surface area contributed by atoms with Gasteiger partial charge >= 0.3 is 0 Å². The zero-order valence-electron chi connectivity index (χ0n) is 7.28. The Kier molecular flexibility index (Phi) is 4.99. The summed E-state index contributed by atoms with van der Waals surface area (Å²) < 4.78 is 0. The van der Waals surface area contributed by atoms with Crippen LogP contribution in [0.4, 0.5) is 0 Å². The van der Waals surface area contributed by atoms with E-state index in [9.17, 15) is 0 Å². The molecule has 2 nitrogen and oxygen atoms in total. The molecule has 1 aliphatic rings. The Morgan fingerprint density at radius 2 is 1.55 bits per heavy atom. The minimum atomic E-state index is 0. The highest BCUT2D eigenvalue weighted by Crippen LogP contribution is 2.03. The molecule has 66 valence electrons. The first kappa shape index (κ1) is 9.82. The number of hydrogen-bond donors (Lipinski definition) is 2. The third-order valence-electron chi connectivity index (χ3n) is 1.26. The van der Waals surface area contributed by atoms with Crippen molar-refractivity contribution in [3.8, 4) is 0 Å². The molecule has 0 unspecified atom stereocenters. The zero-order valence-corrected chi connectivity index (χ0v) is 7.28. The molecule has 1 heterocycles. The normalized spacial score (nSPS) is 14.0. The van der Waals surface area contributed by atoms with Crippen LogP contribution in [-0.4, -0.2) is 6.67 Å². The van der Waals surface area contributed by atoms with Gasteiger partial charge in [0.25, 0.3) is 0 Å². The molecule has 0 spiro atoms. The highest BCUT2D eigenvalue weighted by Gasteiger charge is 2.04. The molecule has 0 saturated heterocycles. The quantitative estimate of drug-likeness (QED) is 0.640. The second-order valence-electron chi connectivity index (χ2n) is 1.77. The minimum Gasteiger partial charge on any atom is -0.366 e. The van der Waals surface area contributed by atoms with Crippen molar-refractivity contribution < 1.29 is 2.85 Å². The third kappa shape index (κ3) is 2.50. The van der Waals surface area contributed by atoms with Crippen molar-refractivity contribution in [3.05, 3.63) is 36.7 Å². The molecular formula is C9H20N2. The van der Waals surface area contributed by atoms with Gasteiger partial charge in [-0.05, 0) is 12.2 Å². The Morgan fingerprint density at radius 1 is 1.18 bits per heavy atom. The summed E-state index contributed by atoms with van der Waals surface area (Å²) in [5.74, 6) is 0. The van der Waals surface area contributed by atoms with Crippen LogP contribution in [0.5, 0.6) is 0 Å². The first-order valence-corrected chi connectivity index (χ1v) is 3.85. The molecule has 1 aliphatic heterocycles. The molecule has 0 radical (unpaired) electrons. The molecule has 1 rings (SSSR count). The lowest BCUT2D eigenvalue weighted by Crippen LogP contribution is -2.14. The highest BCUT2D eigenvalue weighted by molar-refractivity contribution is 5.31. The lowest BCUT2D eigenvalue weighted by Gasteiger charge is -1.92. The van der Waals surface area contributed by atoms with Crippen molar-refractivity contribution in [2.75, 3.05) is 6.67 Å². The Labute approximate surface area is 71.7 Å². The standard InChI is InChI=1S/C7H10N2.C2H6.2H2/c1-3-6-7(4-2)9-5-8-6;1-2;;/h3-4,8-9H,1-2,5H2;1-2H3;2*1H. The molecule has 0 atom stereocenters. The fourth-order valence-electron chi connectivity index (χ4n) is 0.789. The maximum atomic E-state index is 3.63. The summed E-state index contributed by atoms with van der Waals surface area (Å²) in [7, 11) is 0. The van der Waals surface area contributed by atoms with Crippen molar-refractivity contribution in [2.24, 2.45) is 0 Å². The Morgan fingerprint density at radius 3 is 1.82 bits per heavy atom. The molecule has 0 saturated carbocycles. The summed E-state index contributed by atoms with van der Waals surface area (Å²) in [5, 5.41) is 6.17. The van der Waals surface area contributed by atoms with Gasteiger partial charge in [-0.3, -0.25) is 0 Å². The summed E-state index contributed by atoms with van der Waals surface area (Å²) >= 11 is 0. The molecule has 0 amide bonds. The number of hydrogen-bond acceptors (Lipinski definition) is 2. The molecule has 0 bridgehead atoms. The molecule has 0 aromatic rings. The fourth-order valence-corrected chi connectivity index (χ4v) is 0.789. The maximum Gasteiger partial charge on any atom is 0.0850 e. The Hall–Kier alpha value is -1.18. The van der Waals surface area contributed by atoms with Gasteiger partial charge in [0.05, 0.1) is 18.1 Å². The van der Waals surface area contributed by atoms with Crippen LogP contribution in [0.1, 0.15) is 16.7 Å². The summed E-state index contributed by atoms with van der Waals surface area (Å²) in [6, 6.07) is 0. The van der Waals surface area contributed by atoms with Gasteiger partial charge in [0.1, 0.15) is 0 Å². The molecule has 0 fully saturated rings. The van der Waals surface area contributed by atoms with E-state index >= 15 is 0 Å². The van der Waals surface area contributed by atoms with Gasteiger partial charge in [-0.2, -0.15) is 0 Å². The van der Waals surface area contributed by atoms with Gasteiger partial charge in [-0.15, -0.1) is 0 Å². The molecular weight excluding hydrogens is 136 g/mol. The van der Waals surface area contributed by atoms with E-state index < -0.39 is 0 Å². The fraction of sp³-hybridized carbons (Fsp3) is 0.333. The van der Waals surface area contributed by atoms with Crippen LogP contribution >= 0.6 is 0 Å². The van der Waals surface area contributed by atoms with Crippen LogP contribution in [0, 0.1) is 0 Å². The summed E-state index contributed by atoms with van der Waals surface area (Å²) in [4.78, 5) is 0. The Bertz CT molecular complexity index is 158. The van der Waals surface area contributed by atoms with Crippen molar-refractivity contribution in [3.63, 3.8) is 0 Å². The van der Waals surface area contributed by atoms with Crippen LogP contribution in [0.2, 0.25) is 0 Å². The van der Waals surface area contributed by atoms with Crippen molar-refractivity contribution in [2.45, 2.75) is 13.8 Å². The minimum absolute atomic E-state index is 0. The van der Waals surface area contributed by atoms with Crippen LogP contribution < -0.4 is 10.6 Å². The predicted octanol–water partition coefficient (Wildman–Crippen LogP) is 2.24. The SMILES string of the molecule is C=CC1=C(C=C)NCN1.CC.[HH].[HH]. The van der Waals surface area contributed by atoms with Gasteiger partial charge in [0, 0.05) is 2.85 Å². The summed E-state index contributed by atoms with van der Waals surface area (Å²) in [5.41, 5.74) is 2.06. The molecule has 2 heteroatoms. The van der Waals surface area contributed by atoms with E-state index in [-0.39, 0.29) is 2.85 Å². The average Bonchev–Trinajstić information content (AvgIpc) is 2.54. The Balaban J connectivity index is -0.000000234. The lowest BCUT2D eigenvalue weighted by molar-refractivity contribution is 0.812. The van der Waals surface area contributed by atoms with Gasteiger partial charge in [0.2, 0.25) is 0 Å². The monoisotopic (exact) mass is 156 g/mol. The highest BCUT2D eigenvalue weighted by atomic mass is 15.1. The van der Waals surface area contributed by atoms with E-state index in [1.165, 1.54) is 0 Å². The third-order valence-corrected chi connectivity index (χ3v) is 1.26. The average molecular weight is 156 g/mol. The molecule has 11 heavy (non-hydrogen) atoms. The van der Waals surface area contributed by atoms with Gasteiger partial charge < -0.3 is 10.6 Å². The number of nitrogens with one attached hydrogen (secondary N) is 2. The predicted molar refractivity (Wildman–Crippen MR) is 54.1 cm³/mol. The number of allylic oxidation sites excluding steroid dienone is 2. The molecule has 0 aromatic carbocycles. The first-order valence-electron chi connectivity index (χ1n) is 3.85. The second-order valence-corrected chi connectivity index (χ2v) is 1.77. The van der Waals surface area contributed by atoms with Crippen LogP contribution in [0.25, 0.3) is 0 Å². The van der Waals surface area contributed by atoms with Crippen LogP contribution in [0.15, 0.2) is 36.7 Å². The first-order chi connectivity index (χ1) is 5.38. The van der Waals surface area contributed by atoms with Crippen LogP contribution in [0.3, 0.4) is 0 Å². The zero-order chi connectivity index (χ0) is 8.69. The van der Waals surface area contributed by atoms with E-state index in [1.54, 1.807) is 12.2 Å². The van der Waals surface area contributed by atoms with E-state index in [0.717, 1.165) is 18.1 Å². The van der Waals surface area contributed by atoms with E-state index in [2.05, 4.69) is 23.8 Å². The summed E-state index contributed by atoms with van der Waals surface area (Å²) in [6.07, 6.45) is 3.55. The largest absolute Gasteiger partial charge is 0.366 e. The lowest BCUT2D eigenvalue weighted by atomic mass is 10.3. The van der Waals surface area contributed by atoms with Gasteiger partial charge in [-0.1, -0.05) is 27.0 Å². The second kappa shape index (κ2) is 5.59. The maximum absolute atomic E-state index is 3.63. The van der Waals surface area contributed by atoms with Crippen molar-refractivity contribution in [1.82, 2.24) is 10.6 Å². The van der Waals surface area contributed by atoms with Gasteiger partial charge in [0.15, 0.2) is 0 Å². The van der Waals surface area contributed by atoms with Crippen molar-refractivity contribution in [1.29, 1.82) is 0 Å². The number of rotatable bonds is 2. The van der Waals surface area contributed by atoms with E-state index in [4.69, 9.17) is 0 Å². The topological polar surface area (TPSA) is 24.1 Å². The van der Waals surface area contributed by atoms with Crippen LogP contribution in [-0.2, 0) is 0 Å². The van der Waals surface area contributed by atoms with Crippen molar-refractivity contribution >= 4 is 0 Å². The smallest absolute Gasteiger partial charge is 0.0850 e. The van der Waals surface area contributed by atoms with Gasteiger partial charge in [-0.25, -0.2) is 0 Å².